The summed E-state index contributed by atoms with van der Waals surface area (Å²) in [7, 11) is -3.64. The van der Waals surface area contributed by atoms with Gasteiger partial charge in [-0.3, -0.25) is 0 Å². The summed E-state index contributed by atoms with van der Waals surface area (Å²) < 4.78 is 22.3. The van der Waals surface area contributed by atoms with E-state index in [1.165, 1.54) is 12.1 Å². The fourth-order valence-electron chi connectivity index (χ4n) is 1.75. The van der Waals surface area contributed by atoms with E-state index in [2.05, 4.69) is 4.90 Å². The SMILES string of the molecule is CC(C)N(CCCO)c1ccc(S(N)(=O)=O)cc1. The highest BCUT2D eigenvalue weighted by Gasteiger charge is 2.12. The van der Waals surface area contributed by atoms with Gasteiger partial charge in [0, 0.05) is 24.9 Å². The van der Waals surface area contributed by atoms with Gasteiger partial charge in [-0.15, -0.1) is 0 Å². The molecule has 3 N–H and O–H groups in total. The van der Waals surface area contributed by atoms with Gasteiger partial charge in [-0.2, -0.15) is 0 Å². The Morgan fingerprint density at radius 2 is 1.83 bits per heavy atom. The average Bonchev–Trinajstić information content (AvgIpc) is 2.28. The third kappa shape index (κ3) is 3.97. The van der Waals surface area contributed by atoms with Crippen LogP contribution in [0.5, 0.6) is 0 Å². The number of aliphatic hydroxyl groups is 1. The van der Waals surface area contributed by atoms with E-state index in [4.69, 9.17) is 10.2 Å². The molecule has 0 amide bonds. The van der Waals surface area contributed by atoms with Gasteiger partial charge < -0.3 is 10.0 Å². The molecule has 0 aromatic heterocycles. The number of sulfonamides is 1. The molecule has 0 saturated carbocycles. The molecule has 0 aliphatic rings. The van der Waals surface area contributed by atoms with E-state index < -0.39 is 10.0 Å². The van der Waals surface area contributed by atoms with Gasteiger partial charge in [0.1, 0.15) is 0 Å². The number of primary sulfonamides is 1. The molecule has 5 nitrogen and oxygen atoms in total. The molecule has 0 heterocycles. The average molecular weight is 272 g/mol. The first-order chi connectivity index (χ1) is 8.36. The fourth-order valence-corrected chi connectivity index (χ4v) is 2.27. The van der Waals surface area contributed by atoms with Gasteiger partial charge in [0.2, 0.25) is 10.0 Å². The standard InChI is InChI=1S/C12H20N2O3S/c1-10(2)14(8-3-9-15)11-4-6-12(7-5-11)18(13,16)17/h4-7,10,15H,3,8-9H2,1-2H3,(H2,13,16,17). The second kappa shape index (κ2) is 6.17. The number of hydrogen-bond acceptors (Lipinski definition) is 4. The summed E-state index contributed by atoms with van der Waals surface area (Å²) >= 11 is 0. The second-order valence-corrected chi connectivity index (χ2v) is 5.96. The minimum atomic E-state index is -3.64. The lowest BCUT2D eigenvalue weighted by Gasteiger charge is -2.29. The van der Waals surface area contributed by atoms with Gasteiger partial charge in [0.05, 0.1) is 4.90 Å². The van der Waals surface area contributed by atoms with Crippen molar-refractivity contribution >= 4 is 15.7 Å². The topological polar surface area (TPSA) is 83.6 Å². The van der Waals surface area contributed by atoms with Gasteiger partial charge in [-0.05, 0) is 44.5 Å². The molecule has 18 heavy (non-hydrogen) atoms. The Bertz CT molecular complexity index is 469. The summed E-state index contributed by atoms with van der Waals surface area (Å²) in [6, 6.07) is 6.74. The monoisotopic (exact) mass is 272 g/mol. The van der Waals surface area contributed by atoms with Gasteiger partial charge >= 0.3 is 0 Å². The van der Waals surface area contributed by atoms with Crippen molar-refractivity contribution in [3.8, 4) is 0 Å². The Balaban J connectivity index is 2.94. The molecule has 0 fully saturated rings. The maximum Gasteiger partial charge on any atom is 0.238 e. The Hall–Kier alpha value is -1.11. The van der Waals surface area contributed by atoms with Crippen LogP contribution in [-0.4, -0.2) is 32.7 Å². The van der Waals surface area contributed by atoms with Crippen molar-refractivity contribution in [2.45, 2.75) is 31.2 Å². The van der Waals surface area contributed by atoms with E-state index in [-0.39, 0.29) is 17.5 Å². The van der Waals surface area contributed by atoms with Crippen molar-refractivity contribution in [3.05, 3.63) is 24.3 Å². The molecule has 1 aromatic carbocycles. The molecule has 0 aliphatic carbocycles. The normalized spacial score (nSPS) is 11.8. The largest absolute Gasteiger partial charge is 0.396 e. The molecule has 0 spiro atoms. The van der Waals surface area contributed by atoms with Crippen molar-refractivity contribution in [1.82, 2.24) is 0 Å². The van der Waals surface area contributed by atoms with Gasteiger partial charge in [0.25, 0.3) is 0 Å². The van der Waals surface area contributed by atoms with Crippen molar-refractivity contribution in [3.63, 3.8) is 0 Å². The van der Waals surface area contributed by atoms with Crippen LogP contribution in [-0.2, 0) is 10.0 Å². The minimum Gasteiger partial charge on any atom is -0.396 e. The van der Waals surface area contributed by atoms with Gasteiger partial charge in [0.15, 0.2) is 0 Å². The van der Waals surface area contributed by atoms with E-state index in [9.17, 15) is 8.42 Å². The smallest absolute Gasteiger partial charge is 0.238 e. The fraction of sp³-hybridized carbons (Fsp3) is 0.500. The summed E-state index contributed by atoms with van der Waals surface area (Å²) in [6.45, 7) is 4.96. The Kier molecular flexibility index (Phi) is 5.13. The van der Waals surface area contributed by atoms with Crippen molar-refractivity contribution < 1.29 is 13.5 Å². The van der Waals surface area contributed by atoms with Crippen LogP contribution in [0.1, 0.15) is 20.3 Å². The van der Waals surface area contributed by atoms with Crippen LogP contribution in [0.15, 0.2) is 29.2 Å². The highest BCUT2D eigenvalue weighted by atomic mass is 32.2. The molecule has 6 heteroatoms. The molecule has 0 radical (unpaired) electrons. The number of rotatable bonds is 6. The lowest BCUT2D eigenvalue weighted by molar-refractivity contribution is 0.288. The molecule has 1 aromatic rings. The Labute approximate surface area is 108 Å². The van der Waals surface area contributed by atoms with Gasteiger partial charge in [-0.1, -0.05) is 0 Å². The van der Waals surface area contributed by atoms with Crippen LogP contribution in [0.4, 0.5) is 5.69 Å². The summed E-state index contributed by atoms with van der Waals surface area (Å²) in [5, 5.41) is 13.9. The molecule has 0 unspecified atom stereocenters. The molecule has 0 saturated heterocycles. The first kappa shape index (κ1) is 14.9. The summed E-state index contributed by atoms with van der Waals surface area (Å²) in [4.78, 5) is 2.21. The third-order valence-electron chi connectivity index (χ3n) is 2.68. The maximum atomic E-state index is 11.2. The predicted molar refractivity (Wildman–Crippen MR) is 72.0 cm³/mol. The zero-order valence-corrected chi connectivity index (χ0v) is 11.5. The number of aliphatic hydroxyl groups excluding tert-OH is 1. The molecule has 0 bridgehead atoms. The van der Waals surface area contributed by atoms with Crippen LogP contribution in [0.2, 0.25) is 0 Å². The molecule has 0 atom stereocenters. The lowest BCUT2D eigenvalue weighted by atomic mass is 10.2. The molecular formula is C12H20N2O3S. The van der Waals surface area contributed by atoms with Crippen LogP contribution >= 0.6 is 0 Å². The summed E-state index contributed by atoms with van der Waals surface area (Å²) in [5.74, 6) is 0. The number of hydrogen-bond donors (Lipinski definition) is 2. The number of anilines is 1. The summed E-state index contributed by atoms with van der Waals surface area (Å²) in [5.41, 5.74) is 0.922. The Morgan fingerprint density at radius 1 is 1.28 bits per heavy atom. The molecular weight excluding hydrogens is 252 g/mol. The van der Waals surface area contributed by atoms with Crippen LogP contribution < -0.4 is 10.0 Å². The van der Waals surface area contributed by atoms with E-state index >= 15 is 0 Å². The number of benzene rings is 1. The quantitative estimate of drug-likeness (QED) is 0.807. The first-order valence-corrected chi connectivity index (χ1v) is 7.41. The molecule has 102 valence electrons. The third-order valence-corrected chi connectivity index (χ3v) is 3.61. The van der Waals surface area contributed by atoms with Crippen molar-refractivity contribution in [2.24, 2.45) is 5.14 Å². The van der Waals surface area contributed by atoms with Crippen LogP contribution in [0, 0.1) is 0 Å². The second-order valence-electron chi connectivity index (χ2n) is 4.40. The first-order valence-electron chi connectivity index (χ1n) is 5.86. The number of nitrogens with two attached hydrogens (primary N) is 1. The van der Waals surface area contributed by atoms with Crippen molar-refractivity contribution in [2.75, 3.05) is 18.1 Å². The van der Waals surface area contributed by atoms with Crippen LogP contribution in [0.25, 0.3) is 0 Å². The van der Waals surface area contributed by atoms with Crippen LogP contribution in [0.3, 0.4) is 0 Å². The molecule has 0 aliphatic heterocycles. The lowest BCUT2D eigenvalue weighted by Crippen LogP contribution is -2.32. The zero-order chi connectivity index (χ0) is 13.8. The van der Waals surface area contributed by atoms with E-state index in [0.717, 1.165) is 12.2 Å². The highest BCUT2D eigenvalue weighted by molar-refractivity contribution is 7.89. The number of nitrogens with zero attached hydrogens (tertiary/aromatic N) is 1. The predicted octanol–water partition coefficient (Wildman–Crippen LogP) is 0.931. The van der Waals surface area contributed by atoms with E-state index in [0.29, 0.717) is 6.42 Å². The summed E-state index contributed by atoms with van der Waals surface area (Å²) in [6.07, 6.45) is 0.676. The van der Waals surface area contributed by atoms with E-state index in [1.807, 2.05) is 13.8 Å². The Morgan fingerprint density at radius 3 is 2.22 bits per heavy atom. The van der Waals surface area contributed by atoms with E-state index in [1.54, 1.807) is 12.1 Å². The van der Waals surface area contributed by atoms with Gasteiger partial charge in [-0.25, -0.2) is 13.6 Å². The maximum absolute atomic E-state index is 11.2. The van der Waals surface area contributed by atoms with Crippen molar-refractivity contribution in [1.29, 1.82) is 0 Å². The zero-order valence-electron chi connectivity index (χ0n) is 10.7. The highest BCUT2D eigenvalue weighted by Crippen LogP contribution is 2.19. The minimum absolute atomic E-state index is 0.108. The molecule has 1 rings (SSSR count).